The van der Waals surface area contributed by atoms with Gasteiger partial charge in [-0.25, -0.2) is 4.79 Å². The number of nitrogens with zero attached hydrogens (tertiary/aromatic N) is 1. The third-order valence-electron chi connectivity index (χ3n) is 0.866. The van der Waals surface area contributed by atoms with Gasteiger partial charge in [0.15, 0.2) is 0 Å². The highest BCUT2D eigenvalue weighted by molar-refractivity contribution is 5.91. The number of urea groups is 1. The second kappa shape index (κ2) is 6.78. The number of imide groups is 1. The number of amides is 3. The van der Waals surface area contributed by atoms with Crippen molar-refractivity contribution in [3.05, 3.63) is 30.6 Å². The SMILES string of the molecule is CC(=O)NC(N)=O.c1ccncc1. The molecule has 0 aromatic carbocycles. The average Bonchev–Trinajstić information content (AvgIpc) is 2.06. The van der Waals surface area contributed by atoms with Crippen LogP contribution >= 0.6 is 0 Å². The van der Waals surface area contributed by atoms with E-state index in [0.717, 1.165) is 0 Å². The third kappa shape index (κ3) is 10.1. The summed E-state index contributed by atoms with van der Waals surface area (Å²) < 4.78 is 0. The molecule has 3 amide bonds. The van der Waals surface area contributed by atoms with Gasteiger partial charge in [0.1, 0.15) is 0 Å². The number of pyridine rings is 1. The first-order chi connectivity index (χ1) is 6.13. The second-order valence-corrected chi connectivity index (χ2v) is 2.07. The van der Waals surface area contributed by atoms with Gasteiger partial charge in [0.2, 0.25) is 5.91 Å². The molecule has 1 aromatic rings. The van der Waals surface area contributed by atoms with E-state index >= 15 is 0 Å². The highest BCUT2D eigenvalue weighted by Crippen LogP contribution is 1.73. The molecule has 0 saturated carbocycles. The Hall–Kier alpha value is -1.91. The van der Waals surface area contributed by atoms with Crippen molar-refractivity contribution in [2.45, 2.75) is 6.92 Å². The maximum absolute atomic E-state index is 9.84. The fraction of sp³-hybridized carbons (Fsp3) is 0.125. The van der Waals surface area contributed by atoms with Gasteiger partial charge in [-0.15, -0.1) is 0 Å². The van der Waals surface area contributed by atoms with Crippen LogP contribution in [0.25, 0.3) is 0 Å². The molecule has 1 rings (SSSR count). The van der Waals surface area contributed by atoms with E-state index in [4.69, 9.17) is 0 Å². The van der Waals surface area contributed by atoms with Crippen LogP contribution in [-0.4, -0.2) is 16.9 Å². The topological polar surface area (TPSA) is 85.1 Å². The summed E-state index contributed by atoms with van der Waals surface area (Å²) >= 11 is 0. The zero-order chi connectivity index (χ0) is 10.1. The number of hydrogen-bond donors (Lipinski definition) is 2. The van der Waals surface area contributed by atoms with Gasteiger partial charge in [0.05, 0.1) is 0 Å². The van der Waals surface area contributed by atoms with Crippen LogP contribution in [0.15, 0.2) is 30.6 Å². The molecule has 0 aliphatic heterocycles. The molecule has 5 heteroatoms. The summed E-state index contributed by atoms with van der Waals surface area (Å²) in [7, 11) is 0. The van der Waals surface area contributed by atoms with Gasteiger partial charge >= 0.3 is 6.03 Å². The second-order valence-electron chi connectivity index (χ2n) is 2.07. The number of primary amides is 1. The zero-order valence-electron chi connectivity index (χ0n) is 7.23. The van der Waals surface area contributed by atoms with Crippen LogP contribution in [0.4, 0.5) is 4.79 Å². The fourth-order valence-electron chi connectivity index (χ4n) is 0.486. The van der Waals surface area contributed by atoms with Gasteiger partial charge in [-0.3, -0.25) is 15.1 Å². The summed E-state index contributed by atoms with van der Waals surface area (Å²) in [5.41, 5.74) is 4.52. The van der Waals surface area contributed by atoms with Gasteiger partial charge < -0.3 is 5.73 Å². The summed E-state index contributed by atoms with van der Waals surface area (Å²) in [6.45, 7) is 1.21. The lowest BCUT2D eigenvalue weighted by molar-refractivity contribution is -0.117. The molecule has 0 aliphatic carbocycles. The maximum Gasteiger partial charge on any atom is 0.318 e. The standard InChI is InChI=1S/C5H5N.C3H6N2O2/c1-2-4-6-5-3-1;1-2(6)5-3(4)7/h1-5H;1H3,(H3,4,5,6,7). The number of hydrogen-bond acceptors (Lipinski definition) is 3. The molecule has 0 bridgehead atoms. The molecule has 0 saturated heterocycles. The summed E-state index contributed by atoms with van der Waals surface area (Å²) in [6.07, 6.45) is 3.50. The van der Waals surface area contributed by atoms with Crippen LogP contribution < -0.4 is 11.1 Å². The largest absolute Gasteiger partial charge is 0.351 e. The zero-order valence-corrected chi connectivity index (χ0v) is 7.23. The Labute approximate surface area is 76.0 Å². The third-order valence-corrected chi connectivity index (χ3v) is 0.866. The monoisotopic (exact) mass is 181 g/mol. The number of nitrogens with two attached hydrogens (primary N) is 1. The Balaban J connectivity index is 0.000000223. The van der Waals surface area contributed by atoms with Gasteiger partial charge in [0.25, 0.3) is 0 Å². The normalized spacial score (nSPS) is 7.77. The molecule has 0 aliphatic rings. The van der Waals surface area contributed by atoms with Gasteiger partial charge in [-0.2, -0.15) is 0 Å². The molecule has 5 nitrogen and oxygen atoms in total. The minimum absolute atomic E-state index is 0.437. The van der Waals surface area contributed by atoms with Crippen LogP contribution in [-0.2, 0) is 4.79 Å². The molecule has 0 unspecified atom stereocenters. The molecule has 1 heterocycles. The molecule has 0 atom stereocenters. The lowest BCUT2D eigenvalue weighted by atomic mass is 10.5. The Kier molecular flexibility index (Phi) is 5.78. The minimum atomic E-state index is -0.812. The van der Waals surface area contributed by atoms with Gasteiger partial charge in [-0.05, 0) is 12.1 Å². The van der Waals surface area contributed by atoms with Crippen LogP contribution in [0.2, 0.25) is 0 Å². The fourth-order valence-corrected chi connectivity index (χ4v) is 0.486. The molecular weight excluding hydrogens is 170 g/mol. The molecule has 3 N–H and O–H groups in total. The van der Waals surface area contributed by atoms with Crippen molar-refractivity contribution in [3.8, 4) is 0 Å². The molecule has 1 aromatic heterocycles. The van der Waals surface area contributed by atoms with E-state index in [2.05, 4.69) is 10.7 Å². The predicted molar refractivity (Wildman–Crippen MR) is 47.6 cm³/mol. The van der Waals surface area contributed by atoms with Crippen molar-refractivity contribution >= 4 is 11.9 Å². The summed E-state index contributed by atoms with van der Waals surface area (Å²) in [4.78, 5) is 23.3. The van der Waals surface area contributed by atoms with Crippen molar-refractivity contribution in [2.24, 2.45) is 5.73 Å². The highest BCUT2D eigenvalue weighted by Gasteiger charge is 1.91. The number of rotatable bonds is 0. The van der Waals surface area contributed by atoms with E-state index in [1.807, 2.05) is 18.2 Å². The van der Waals surface area contributed by atoms with Crippen LogP contribution in [0.5, 0.6) is 0 Å². The quantitative estimate of drug-likeness (QED) is 0.603. The highest BCUT2D eigenvalue weighted by atomic mass is 16.2. The lowest BCUT2D eigenvalue weighted by Gasteiger charge is -1.88. The molecular formula is C8H11N3O2. The van der Waals surface area contributed by atoms with Crippen LogP contribution in [0.3, 0.4) is 0 Å². The van der Waals surface area contributed by atoms with E-state index in [-0.39, 0.29) is 0 Å². The average molecular weight is 181 g/mol. The molecule has 13 heavy (non-hydrogen) atoms. The number of carbonyl (C=O) groups is 2. The van der Waals surface area contributed by atoms with E-state index < -0.39 is 11.9 Å². The lowest BCUT2D eigenvalue weighted by Crippen LogP contribution is -2.32. The molecule has 70 valence electrons. The number of aromatic nitrogens is 1. The Morgan fingerprint density at radius 3 is 1.85 bits per heavy atom. The van der Waals surface area contributed by atoms with Gasteiger partial charge in [-0.1, -0.05) is 6.07 Å². The summed E-state index contributed by atoms with van der Waals surface area (Å²) in [5.74, 6) is -0.437. The van der Waals surface area contributed by atoms with Crippen molar-refractivity contribution in [1.29, 1.82) is 0 Å². The summed E-state index contributed by atoms with van der Waals surface area (Å²) in [5, 5.41) is 1.81. The number of carbonyl (C=O) groups excluding carboxylic acids is 2. The van der Waals surface area contributed by atoms with E-state index in [1.165, 1.54) is 6.92 Å². The van der Waals surface area contributed by atoms with Crippen molar-refractivity contribution in [1.82, 2.24) is 10.3 Å². The first-order valence-corrected chi connectivity index (χ1v) is 3.55. The van der Waals surface area contributed by atoms with Gasteiger partial charge in [0, 0.05) is 19.3 Å². The van der Waals surface area contributed by atoms with E-state index in [1.54, 1.807) is 17.7 Å². The Morgan fingerprint density at radius 1 is 1.23 bits per heavy atom. The first-order valence-electron chi connectivity index (χ1n) is 3.55. The molecule has 0 fully saturated rings. The summed E-state index contributed by atoms with van der Waals surface area (Å²) in [6, 6.07) is 4.90. The van der Waals surface area contributed by atoms with E-state index in [9.17, 15) is 9.59 Å². The van der Waals surface area contributed by atoms with E-state index in [0.29, 0.717) is 0 Å². The predicted octanol–water partition coefficient (Wildman–Crippen LogP) is 0.283. The van der Waals surface area contributed by atoms with Crippen LogP contribution in [0.1, 0.15) is 6.92 Å². The Bertz CT molecular complexity index is 223. The minimum Gasteiger partial charge on any atom is -0.351 e. The Morgan fingerprint density at radius 2 is 1.77 bits per heavy atom. The van der Waals surface area contributed by atoms with Crippen molar-refractivity contribution < 1.29 is 9.59 Å². The molecule has 0 radical (unpaired) electrons. The van der Waals surface area contributed by atoms with Crippen LogP contribution in [0, 0.1) is 0 Å². The first kappa shape index (κ1) is 11.1. The smallest absolute Gasteiger partial charge is 0.318 e. The maximum atomic E-state index is 9.84. The molecule has 0 spiro atoms. The van der Waals surface area contributed by atoms with Crippen molar-refractivity contribution in [3.63, 3.8) is 0 Å². The number of nitrogens with one attached hydrogen (secondary N) is 1. The van der Waals surface area contributed by atoms with Crippen molar-refractivity contribution in [2.75, 3.05) is 0 Å².